The normalized spacial score (nSPS) is 12.3. The molecule has 0 fully saturated rings. The Bertz CT molecular complexity index is 218. The third-order valence-corrected chi connectivity index (χ3v) is 1.30. The first-order valence-corrected chi connectivity index (χ1v) is 4.78. The van der Waals surface area contributed by atoms with Crippen LogP contribution in [-0.2, 0) is 19.3 Å². The van der Waals surface area contributed by atoms with Crippen molar-refractivity contribution >= 4 is 10.4 Å². The Kier molecular flexibility index (Phi) is 7.93. The maximum Gasteiger partial charge on any atom is 1.00 e. The summed E-state index contributed by atoms with van der Waals surface area (Å²) in [6.45, 7) is 5.31. The second kappa shape index (κ2) is 6.34. The summed E-state index contributed by atoms with van der Waals surface area (Å²) in [5, 5.41) is 0. The third-order valence-electron chi connectivity index (χ3n) is 0.846. The Morgan fingerprint density at radius 3 is 2.00 bits per heavy atom. The van der Waals surface area contributed by atoms with Crippen molar-refractivity contribution in [2.75, 3.05) is 13.2 Å². The molecule has 0 aliphatic heterocycles. The summed E-state index contributed by atoms with van der Waals surface area (Å²) in [7, 11) is -4.57. The van der Waals surface area contributed by atoms with Gasteiger partial charge in [-0.2, -0.15) is 0 Å². The van der Waals surface area contributed by atoms with Crippen LogP contribution >= 0.6 is 0 Å². The van der Waals surface area contributed by atoms with Gasteiger partial charge in [0, 0.05) is 0 Å². The SMILES string of the molecule is CC(C)(C)OCCOS(=O)(=O)[O-].[Na+]. The van der Waals surface area contributed by atoms with Gasteiger partial charge in [-0.25, -0.2) is 8.42 Å². The molecule has 0 saturated carbocycles. The van der Waals surface area contributed by atoms with Crippen LogP contribution in [0.3, 0.4) is 0 Å². The molecule has 0 aliphatic rings. The van der Waals surface area contributed by atoms with Gasteiger partial charge >= 0.3 is 29.6 Å². The van der Waals surface area contributed by atoms with Crippen LogP contribution in [0.15, 0.2) is 0 Å². The Labute approximate surface area is 101 Å². The molecule has 0 aliphatic carbocycles. The van der Waals surface area contributed by atoms with E-state index < -0.39 is 10.4 Å². The second-order valence-corrected chi connectivity index (χ2v) is 4.24. The summed E-state index contributed by atoms with van der Waals surface area (Å²) in [4.78, 5) is 0. The van der Waals surface area contributed by atoms with Gasteiger partial charge < -0.3 is 9.29 Å². The van der Waals surface area contributed by atoms with E-state index in [2.05, 4.69) is 4.18 Å². The van der Waals surface area contributed by atoms with Gasteiger partial charge in [0.15, 0.2) is 0 Å². The van der Waals surface area contributed by atoms with Gasteiger partial charge in [0.25, 0.3) is 0 Å². The van der Waals surface area contributed by atoms with E-state index in [1.807, 2.05) is 20.8 Å². The van der Waals surface area contributed by atoms with Crippen LogP contribution in [0.1, 0.15) is 20.8 Å². The van der Waals surface area contributed by atoms with Crippen molar-refractivity contribution in [2.24, 2.45) is 0 Å². The van der Waals surface area contributed by atoms with Crippen LogP contribution < -0.4 is 29.6 Å². The summed E-state index contributed by atoms with van der Waals surface area (Å²) in [6.07, 6.45) is 0. The first kappa shape index (κ1) is 16.3. The van der Waals surface area contributed by atoms with Gasteiger partial charge in [0.05, 0.1) is 18.8 Å². The van der Waals surface area contributed by atoms with E-state index in [1.54, 1.807) is 0 Å². The fourth-order valence-electron chi connectivity index (χ4n) is 0.484. The summed E-state index contributed by atoms with van der Waals surface area (Å²) in [6, 6.07) is 0. The molecule has 0 spiro atoms. The molecule has 0 atom stereocenters. The molecular weight excluding hydrogens is 207 g/mol. The fraction of sp³-hybridized carbons (Fsp3) is 1.00. The summed E-state index contributed by atoms with van der Waals surface area (Å²) in [5.41, 5.74) is -0.351. The Morgan fingerprint density at radius 2 is 1.69 bits per heavy atom. The van der Waals surface area contributed by atoms with Gasteiger partial charge in [0.2, 0.25) is 10.4 Å². The molecule has 7 heteroatoms. The van der Waals surface area contributed by atoms with Crippen LogP contribution in [0.4, 0.5) is 0 Å². The number of hydrogen-bond donors (Lipinski definition) is 0. The molecule has 0 heterocycles. The maximum atomic E-state index is 9.92. The van der Waals surface area contributed by atoms with E-state index in [0.717, 1.165) is 0 Å². The van der Waals surface area contributed by atoms with Crippen molar-refractivity contribution in [2.45, 2.75) is 26.4 Å². The van der Waals surface area contributed by atoms with Crippen LogP contribution in [0.5, 0.6) is 0 Å². The first-order valence-electron chi connectivity index (χ1n) is 3.45. The van der Waals surface area contributed by atoms with E-state index in [0.29, 0.717) is 0 Å². The fourth-order valence-corrected chi connectivity index (χ4v) is 0.756. The Balaban J connectivity index is 0. The number of rotatable bonds is 4. The molecule has 0 N–H and O–H groups in total. The molecule has 0 unspecified atom stereocenters. The molecule has 0 aromatic rings. The van der Waals surface area contributed by atoms with Crippen molar-refractivity contribution in [1.82, 2.24) is 0 Å². The Morgan fingerprint density at radius 1 is 1.23 bits per heavy atom. The molecule has 0 rings (SSSR count). The minimum Gasteiger partial charge on any atom is -0.726 e. The molecule has 0 amide bonds. The van der Waals surface area contributed by atoms with Gasteiger partial charge in [-0.3, -0.25) is 4.18 Å². The minimum absolute atomic E-state index is 0. The molecule has 0 aromatic carbocycles. The maximum absolute atomic E-state index is 9.92. The average Bonchev–Trinajstić information content (AvgIpc) is 1.76. The van der Waals surface area contributed by atoms with Crippen LogP contribution in [0.2, 0.25) is 0 Å². The predicted molar refractivity (Wildman–Crippen MR) is 41.4 cm³/mol. The quantitative estimate of drug-likeness (QED) is 0.223. The van der Waals surface area contributed by atoms with Crippen molar-refractivity contribution in [3.8, 4) is 0 Å². The molecule has 5 nitrogen and oxygen atoms in total. The van der Waals surface area contributed by atoms with Crippen molar-refractivity contribution < 1.29 is 51.4 Å². The summed E-state index contributed by atoms with van der Waals surface area (Å²) < 4.78 is 38.8. The Hall–Kier alpha value is 0.830. The molecule has 0 aromatic heterocycles. The average molecular weight is 220 g/mol. The molecule has 0 bridgehead atoms. The van der Waals surface area contributed by atoms with Crippen LogP contribution in [-0.4, -0.2) is 31.8 Å². The largest absolute Gasteiger partial charge is 1.00 e. The van der Waals surface area contributed by atoms with Crippen LogP contribution in [0, 0.1) is 0 Å². The predicted octanol–water partition coefficient (Wildman–Crippen LogP) is -2.72. The summed E-state index contributed by atoms with van der Waals surface area (Å²) in [5.74, 6) is 0. The molecule has 74 valence electrons. The van der Waals surface area contributed by atoms with E-state index in [4.69, 9.17) is 4.74 Å². The first-order chi connectivity index (χ1) is 5.21. The smallest absolute Gasteiger partial charge is 0.726 e. The van der Waals surface area contributed by atoms with E-state index >= 15 is 0 Å². The van der Waals surface area contributed by atoms with E-state index in [-0.39, 0.29) is 48.4 Å². The van der Waals surface area contributed by atoms with Gasteiger partial charge in [-0.05, 0) is 20.8 Å². The zero-order valence-electron chi connectivity index (χ0n) is 8.36. The second-order valence-electron chi connectivity index (χ2n) is 3.19. The molecule has 0 saturated heterocycles. The van der Waals surface area contributed by atoms with Gasteiger partial charge in [-0.1, -0.05) is 0 Å². The van der Waals surface area contributed by atoms with Gasteiger partial charge in [-0.15, -0.1) is 0 Å². The van der Waals surface area contributed by atoms with Crippen LogP contribution in [0.25, 0.3) is 0 Å². The molecular formula is C6H13NaO5S. The third kappa shape index (κ3) is 15.6. The zero-order valence-corrected chi connectivity index (χ0v) is 11.2. The zero-order chi connectivity index (χ0) is 9.83. The van der Waals surface area contributed by atoms with E-state index in [9.17, 15) is 13.0 Å². The molecule has 13 heavy (non-hydrogen) atoms. The number of hydrogen-bond acceptors (Lipinski definition) is 5. The summed E-state index contributed by atoms with van der Waals surface area (Å²) >= 11 is 0. The number of ether oxygens (including phenoxy) is 1. The molecule has 0 radical (unpaired) electrons. The van der Waals surface area contributed by atoms with E-state index in [1.165, 1.54) is 0 Å². The standard InChI is InChI=1S/C6H14O5S.Na/c1-6(2,3)10-4-5-11-12(7,8)9;/h4-5H2,1-3H3,(H,7,8,9);/q;+1/p-1. The van der Waals surface area contributed by atoms with Gasteiger partial charge in [0.1, 0.15) is 0 Å². The minimum atomic E-state index is -4.57. The van der Waals surface area contributed by atoms with Crippen molar-refractivity contribution in [3.05, 3.63) is 0 Å². The van der Waals surface area contributed by atoms with Crippen molar-refractivity contribution in [3.63, 3.8) is 0 Å². The topological polar surface area (TPSA) is 75.7 Å². The monoisotopic (exact) mass is 220 g/mol. The van der Waals surface area contributed by atoms with Crippen molar-refractivity contribution in [1.29, 1.82) is 0 Å².